The Morgan fingerprint density at radius 2 is 2.07 bits per heavy atom. The number of furan rings is 1. The number of rotatable bonds is 7. The number of hydrogen-bond donors (Lipinski definition) is 1. The Morgan fingerprint density at radius 1 is 1.29 bits per heavy atom. The Morgan fingerprint density at radius 3 is 2.68 bits per heavy atom. The van der Waals surface area contributed by atoms with Crippen LogP contribution in [0.15, 0.2) is 46.6 Å². The Hall–Kier alpha value is -3.06. The van der Waals surface area contributed by atoms with Gasteiger partial charge in [-0.25, -0.2) is 0 Å². The molecule has 1 saturated heterocycles. The van der Waals surface area contributed by atoms with Crippen molar-refractivity contribution in [3.05, 3.63) is 59.1 Å². The van der Waals surface area contributed by atoms with Crippen LogP contribution in [-0.2, 0) is 14.3 Å². The summed E-state index contributed by atoms with van der Waals surface area (Å²) in [5.41, 5.74) is 1.25. The zero-order valence-electron chi connectivity index (χ0n) is 16.1. The van der Waals surface area contributed by atoms with Crippen molar-refractivity contribution in [3.8, 4) is 5.75 Å². The van der Waals surface area contributed by atoms with Gasteiger partial charge in [0.25, 0.3) is 11.7 Å². The van der Waals surface area contributed by atoms with E-state index in [9.17, 15) is 14.7 Å². The normalized spacial score (nSPS) is 18.7. The van der Waals surface area contributed by atoms with Crippen molar-refractivity contribution in [1.29, 1.82) is 0 Å². The summed E-state index contributed by atoms with van der Waals surface area (Å²) in [4.78, 5) is 26.7. The van der Waals surface area contributed by atoms with E-state index >= 15 is 0 Å². The maximum Gasteiger partial charge on any atom is 0.295 e. The second kappa shape index (κ2) is 8.31. The molecule has 0 saturated carbocycles. The number of aliphatic hydroxyl groups excluding tert-OH is 1. The summed E-state index contributed by atoms with van der Waals surface area (Å²) in [5.74, 6) is -0.586. The van der Waals surface area contributed by atoms with Crippen molar-refractivity contribution >= 4 is 17.4 Å². The molecule has 1 atom stereocenters. The molecule has 28 heavy (non-hydrogen) atoms. The van der Waals surface area contributed by atoms with Gasteiger partial charge in [-0.1, -0.05) is 0 Å². The number of likely N-dealkylation sites (tertiary alicyclic amines) is 1. The first-order chi connectivity index (χ1) is 13.5. The first kappa shape index (κ1) is 19.7. The molecule has 148 valence electrons. The molecule has 0 spiro atoms. The summed E-state index contributed by atoms with van der Waals surface area (Å²) >= 11 is 0. The molecule has 1 unspecified atom stereocenters. The van der Waals surface area contributed by atoms with Gasteiger partial charge in [-0.2, -0.15) is 0 Å². The van der Waals surface area contributed by atoms with Gasteiger partial charge in [0.1, 0.15) is 23.3 Å². The highest BCUT2D eigenvalue weighted by molar-refractivity contribution is 6.46. The van der Waals surface area contributed by atoms with Gasteiger partial charge in [0, 0.05) is 19.2 Å². The number of amides is 1. The Labute approximate surface area is 163 Å². The average Bonchev–Trinajstić information content (AvgIpc) is 3.29. The van der Waals surface area contributed by atoms with Gasteiger partial charge in [0.15, 0.2) is 0 Å². The molecule has 0 aliphatic carbocycles. The van der Waals surface area contributed by atoms with Crippen LogP contribution >= 0.6 is 0 Å². The number of aryl methyl sites for hydroxylation is 1. The molecule has 0 bridgehead atoms. The third-order valence-corrected chi connectivity index (χ3v) is 4.64. The smallest absolute Gasteiger partial charge is 0.295 e. The Balaban J connectivity index is 2.09. The number of carbonyl (C=O) groups excluding carboxylic acids is 2. The molecular weight excluding hydrogens is 362 g/mol. The van der Waals surface area contributed by atoms with Gasteiger partial charge < -0.3 is 23.9 Å². The largest absolute Gasteiger partial charge is 0.507 e. The summed E-state index contributed by atoms with van der Waals surface area (Å²) in [6, 6.07) is 7.66. The molecule has 1 aliphatic rings. The molecule has 1 fully saturated rings. The lowest BCUT2D eigenvalue weighted by Crippen LogP contribution is -2.32. The molecule has 1 aromatic heterocycles. The van der Waals surface area contributed by atoms with Crippen molar-refractivity contribution in [2.75, 3.05) is 26.9 Å². The molecule has 7 heteroatoms. The fourth-order valence-electron chi connectivity index (χ4n) is 3.31. The van der Waals surface area contributed by atoms with Gasteiger partial charge in [-0.3, -0.25) is 9.59 Å². The van der Waals surface area contributed by atoms with E-state index in [2.05, 4.69) is 0 Å². The van der Waals surface area contributed by atoms with Crippen molar-refractivity contribution in [3.63, 3.8) is 0 Å². The van der Waals surface area contributed by atoms with Crippen LogP contribution in [0.3, 0.4) is 0 Å². The fourth-order valence-corrected chi connectivity index (χ4v) is 3.31. The highest BCUT2D eigenvalue weighted by Crippen LogP contribution is 2.39. The minimum absolute atomic E-state index is 0.000358. The molecular formula is C21H23NO6. The summed E-state index contributed by atoms with van der Waals surface area (Å²) in [5, 5.41) is 10.9. The number of ether oxygens (including phenoxy) is 2. The molecule has 1 amide bonds. The average molecular weight is 385 g/mol. The predicted octanol–water partition coefficient (Wildman–Crippen LogP) is 3.05. The monoisotopic (exact) mass is 385 g/mol. The summed E-state index contributed by atoms with van der Waals surface area (Å²) in [6.45, 7) is 4.72. The Kier molecular flexibility index (Phi) is 5.84. The van der Waals surface area contributed by atoms with Crippen LogP contribution in [0.5, 0.6) is 5.75 Å². The zero-order chi connectivity index (χ0) is 20.3. The molecule has 2 aromatic rings. The number of benzene rings is 1. The van der Waals surface area contributed by atoms with E-state index in [4.69, 9.17) is 13.9 Å². The number of methoxy groups -OCH3 is 1. The number of aliphatic hydroxyl groups is 1. The van der Waals surface area contributed by atoms with Crippen molar-refractivity contribution in [1.82, 2.24) is 4.90 Å². The van der Waals surface area contributed by atoms with E-state index in [0.29, 0.717) is 23.7 Å². The zero-order valence-corrected chi connectivity index (χ0v) is 16.1. The predicted molar refractivity (Wildman–Crippen MR) is 102 cm³/mol. The van der Waals surface area contributed by atoms with Crippen molar-refractivity contribution < 1.29 is 28.6 Å². The molecule has 1 N–H and O–H groups in total. The van der Waals surface area contributed by atoms with Crippen LogP contribution in [0, 0.1) is 6.92 Å². The van der Waals surface area contributed by atoms with Crippen LogP contribution in [0.4, 0.5) is 0 Å². The first-order valence-electron chi connectivity index (χ1n) is 9.04. The molecule has 3 rings (SSSR count). The SMILES string of the molecule is CCOc1ccc(/C(O)=C2/C(=O)C(=O)N(CCOC)C2c2ccco2)cc1C. The van der Waals surface area contributed by atoms with Gasteiger partial charge >= 0.3 is 0 Å². The highest BCUT2D eigenvalue weighted by Gasteiger charge is 2.47. The van der Waals surface area contributed by atoms with E-state index in [0.717, 1.165) is 5.56 Å². The third-order valence-electron chi connectivity index (χ3n) is 4.64. The van der Waals surface area contributed by atoms with Crippen LogP contribution in [0.1, 0.15) is 29.9 Å². The van der Waals surface area contributed by atoms with Gasteiger partial charge in [-0.05, 0) is 49.7 Å². The lowest BCUT2D eigenvalue weighted by molar-refractivity contribution is -0.140. The van der Waals surface area contributed by atoms with E-state index in [1.165, 1.54) is 18.3 Å². The third kappa shape index (κ3) is 3.53. The minimum Gasteiger partial charge on any atom is -0.507 e. The lowest BCUT2D eigenvalue weighted by atomic mass is 9.98. The Bertz CT molecular complexity index is 900. The van der Waals surface area contributed by atoms with Crippen molar-refractivity contribution in [2.24, 2.45) is 0 Å². The number of carbonyl (C=O) groups is 2. The van der Waals surface area contributed by atoms with Gasteiger partial charge in [0.05, 0.1) is 25.1 Å². The quantitative estimate of drug-likeness (QED) is 0.448. The summed E-state index contributed by atoms with van der Waals surface area (Å²) < 4.78 is 16.0. The fraction of sp³-hybridized carbons (Fsp3) is 0.333. The second-order valence-corrected chi connectivity index (χ2v) is 6.41. The maximum absolute atomic E-state index is 12.7. The van der Waals surface area contributed by atoms with Crippen LogP contribution in [0.2, 0.25) is 0 Å². The van der Waals surface area contributed by atoms with Crippen LogP contribution in [-0.4, -0.2) is 48.6 Å². The molecule has 0 radical (unpaired) electrons. The van der Waals surface area contributed by atoms with Gasteiger partial charge in [0.2, 0.25) is 0 Å². The minimum atomic E-state index is -0.808. The van der Waals surface area contributed by atoms with Crippen LogP contribution in [0.25, 0.3) is 5.76 Å². The first-order valence-corrected chi connectivity index (χ1v) is 9.04. The van der Waals surface area contributed by atoms with E-state index in [1.54, 1.807) is 30.3 Å². The molecule has 1 aromatic carbocycles. The number of nitrogens with zero attached hydrogens (tertiary/aromatic N) is 1. The number of hydrogen-bond acceptors (Lipinski definition) is 6. The van der Waals surface area contributed by atoms with Gasteiger partial charge in [-0.15, -0.1) is 0 Å². The molecule has 1 aliphatic heterocycles. The number of ketones is 1. The van der Waals surface area contributed by atoms with E-state index in [1.807, 2.05) is 13.8 Å². The molecule has 7 nitrogen and oxygen atoms in total. The highest BCUT2D eigenvalue weighted by atomic mass is 16.5. The van der Waals surface area contributed by atoms with Crippen molar-refractivity contribution in [2.45, 2.75) is 19.9 Å². The lowest BCUT2D eigenvalue weighted by Gasteiger charge is -2.22. The maximum atomic E-state index is 12.7. The standard InChI is InChI=1S/C21H23NO6/c1-4-27-15-8-7-14(12-13(15)2)19(23)17-18(16-6-5-10-28-16)22(9-11-26-3)21(25)20(17)24/h5-8,10,12,18,23H,4,9,11H2,1-3H3/b19-17-. The summed E-state index contributed by atoms with van der Waals surface area (Å²) in [6.07, 6.45) is 1.47. The summed E-state index contributed by atoms with van der Waals surface area (Å²) in [7, 11) is 1.52. The topological polar surface area (TPSA) is 89.2 Å². The van der Waals surface area contributed by atoms with E-state index in [-0.39, 0.29) is 24.5 Å². The number of Topliss-reactive ketones (excluding diaryl/α,β-unsaturated/α-hetero) is 1. The van der Waals surface area contributed by atoms with E-state index < -0.39 is 17.7 Å². The van der Waals surface area contributed by atoms with Crippen LogP contribution < -0.4 is 4.74 Å². The second-order valence-electron chi connectivity index (χ2n) is 6.41. The molecule has 2 heterocycles.